The van der Waals surface area contributed by atoms with Gasteiger partial charge in [-0.25, -0.2) is 0 Å². The minimum atomic E-state index is 0.0740. The van der Waals surface area contributed by atoms with Crippen molar-refractivity contribution in [1.29, 1.82) is 0 Å². The molecule has 4 nitrogen and oxygen atoms in total. The number of ketones is 1. The van der Waals surface area contributed by atoms with Crippen LogP contribution in [-0.4, -0.2) is 45.1 Å². The van der Waals surface area contributed by atoms with Crippen molar-refractivity contribution in [2.45, 2.75) is 6.54 Å². The maximum absolute atomic E-state index is 11.4. The molecule has 0 atom stereocenters. The van der Waals surface area contributed by atoms with E-state index < -0.39 is 0 Å². The molecule has 0 unspecified atom stereocenters. The molecule has 0 saturated heterocycles. The lowest BCUT2D eigenvalue weighted by atomic mass is 10.2. The number of carbonyl (C=O) groups excluding carboxylic acids is 1. The number of ether oxygens (including phenoxy) is 2. The van der Waals surface area contributed by atoms with E-state index in [0.29, 0.717) is 13.1 Å². The highest BCUT2D eigenvalue weighted by Crippen LogP contribution is 2.18. The van der Waals surface area contributed by atoms with Gasteiger partial charge in [0, 0.05) is 19.2 Å². The van der Waals surface area contributed by atoms with E-state index in [1.54, 1.807) is 7.11 Å². The molecule has 0 heterocycles. The van der Waals surface area contributed by atoms with Crippen LogP contribution in [0.3, 0.4) is 0 Å². The quantitative estimate of drug-likeness (QED) is 0.717. The molecule has 0 aromatic heterocycles. The Morgan fingerprint density at radius 3 is 2.65 bits per heavy atom. The van der Waals surface area contributed by atoms with Crippen LogP contribution in [0.2, 0.25) is 0 Å². The molecule has 0 N–H and O–H groups in total. The fourth-order valence-electron chi connectivity index (χ4n) is 1.69. The van der Waals surface area contributed by atoms with E-state index in [0.717, 1.165) is 11.3 Å². The first kappa shape index (κ1) is 13.7. The molecule has 0 radical (unpaired) electrons. The van der Waals surface area contributed by atoms with Crippen LogP contribution >= 0.6 is 0 Å². The molecule has 0 aliphatic rings. The van der Waals surface area contributed by atoms with Crippen molar-refractivity contribution in [3.05, 3.63) is 29.8 Å². The summed E-state index contributed by atoms with van der Waals surface area (Å²) in [6, 6.07) is 7.80. The molecule has 4 heteroatoms. The summed E-state index contributed by atoms with van der Waals surface area (Å²) in [7, 11) is 5.08. The molecule has 17 heavy (non-hydrogen) atoms. The summed E-state index contributed by atoms with van der Waals surface area (Å²) < 4.78 is 10.1. The van der Waals surface area contributed by atoms with Crippen LogP contribution in [0.25, 0.3) is 0 Å². The fraction of sp³-hybridized carbons (Fsp3) is 0.462. The highest BCUT2D eigenvalue weighted by Gasteiger charge is 2.09. The van der Waals surface area contributed by atoms with E-state index >= 15 is 0 Å². The number of nitrogens with zero attached hydrogens (tertiary/aromatic N) is 1. The molecule has 0 spiro atoms. The third kappa shape index (κ3) is 4.54. The number of methoxy groups -OCH3 is 2. The van der Waals surface area contributed by atoms with Gasteiger partial charge < -0.3 is 9.47 Å². The van der Waals surface area contributed by atoms with Crippen molar-refractivity contribution in [1.82, 2.24) is 4.90 Å². The van der Waals surface area contributed by atoms with Crippen LogP contribution in [0.15, 0.2) is 24.3 Å². The van der Waals surface area contributed by atoms with Crippen LogP contribution in [0.5, 0.6) is 5.75 Å². The summed E-state index contributed by atoms with van der Waals surface area (Å²) in [4.78, 5) is 13.3. The maximum Gasteiger partial charge on any atom is 0.172 e. The van der Waals surface area contributed by atoms with Crippen LogP contribution in [-0.2, 0) is 16.1 Å². The second kappa shape index (κ2) is 7.04. The number of hydrogen-bond acceptors (Lipinski definition) is 4. The van der Waals surface area contributed by atoms with E-state index in [1.807, 2.05) is 36.2 Å². The van der Waals surface area contributed by atoms with Crippen LogP contribution in [0.4, 0.5) is 0 Å². The van der Waals surface area contributed by atoms with E-state index in [2.05, 4.69) is 0 Å². The number of hydrogen-bond donors (Lipinski definition) is 0. The third-order valence-corrected chi connectivity index (χ3v) is 2.38. The molecular formula is C13H19NO3. The first-order valence-electron chi connectivity index (χ1n) is 5.48. The van der Waals surface area contributed by atoms with Gasteiger partial charge in [-0.15, -0.1) is 0 Å². The zero-order valence-electron chi connectivity index (χ0n) is 10.6. The lowest BCUT2D eigenvalue weighted by Crippen LogP contribution is -2.27. The molecule has 1 aromatic rings. The van der Waals surface area contributed by atoms with Gasteiger partial charge in [0.15, 0.2) is 5.78 Å². The first-order valence-corrected chi connectivity index (χ1v) is 5.48. The molecule has 0 amide bonds. The molecule has 0 saturated carbocycles. The van der Waals surface area contributed by atoms with Gasteiger partial charge in [-0.2, -0.15) is 0 Å². The van der Waals surface area contributed by atoms with Crippen LogP contribution < -0.4 is 4.74 Å². The molecule has 0 bridgehead atoms. The number of benzene rings is 1. The summed E-state index contributed by atoms with van der Waals surface area (Å²) in [6.07, 6.45) is 0. The van der Waals surface area contributed by atoms with Gasteiger partial charge in [0.2, 0.25) is 0 Å². The zero-order chi connectivity index (χ0) is 12.7. The van der Waals surface area contributed by atoms with Gasteiger partial charge >= 0.3 is 0 Å². The summed E-state index contributed by atoms with van der Waals surface area (Å²) in [5, 5.41) is 0. The van der Waals surface area contributed by atoms with Gasteiger partial charge in [-0.3, -0.25) is 9.69 Å². The Hall–Kier alpha value is -1.39. The largest absolute Gasteiger partial charge is 0.496 e. The topological polar surface area (TPSA) is 38.8 Å². The third-order valence-electron chi connectivity index (χ3n) is 2.38. The fourth-order valence-corrected chi connectivity index (χ4v) is 1.69. The summed E-state index contributed by atoms with van der Waals surface area (Å²) >= 11 is 0. The molecule has 1 rings (SSSR count). The molecule has 0 fully saturated rings. The van der Waals surface area contributed by atoms with Gasteiger partial charge in [0.05, 0.1) is 13.7 Å². The van der Waals surface area contributed by atoms with Gasteiger partial charge in [0.25, 0.3) is 0 Å². The average Bonchev–Trinajstić information content (AvgIpc) is 2.29. The van der Waals surface area contributed by atoms with Gasteiger partial charge in [0.1, 0.15) is 12.4 Å². The predicted molar refractivity (Wildman–Crippen MR) is 66.2 cm³/mol. The monoisotopic (exact) mass is 237 g/mol. The highest BCUT2D eigenvalue weighted by atomic mass is 16.5. The van der Waals surface area contributed by atoms with Crippen molar-refractivity contribution in [3.63, 3.8) is 0 Å². The number of carbonyl (C=O) groups is 1. The number of rotatable bonds is 7. The van der Waals surface area contributed by atoms with Crippen LogP contribution in [0.1, 0.15) is 5.56 Å². The lowest BCUT2D eigenvalue weighted by molar-refractivity contribution is -0.123. The van der Waals surface area contributed by atoms with Crippen LogP contribution in [0, 0.1) is 0 Å². The second-order valence-electron chi connectivity index (χ2n) is 3.96. The van der Waals surface area contributed by atoms with Crippen molar-refractivity contribution in [3.8, 4) is 5.75 Å². The van der Waals surface area contributed by atoms with Crippen molar-refractivity contribution in [2.24, 2.45) is 0 Å². The normalized spacial score (nSPS) is 10.6. The predicted octanol–water partition coefficient (Wildman–Crippen LogP) is 1.34. The molecule has 0 aliphatic heterocycles. The van der Waals surface area contributed by atoms with E-state index in [4.69, 9.17) is 9.47 Å². The Bertz CT molecular complexity index is 365. The minimum absolute atomic E-state index is 0.0740. The van der Waals surface area contributed by atoms with E-state index in [9.17, 15) is 4.79 Å². The Balaban J connectivity index is 2.55. The second-order valence-corrected chi connectivity index (χ2v) is 3.96. The van der Waals surface area contributed by atoms with Crippen molar-refractivity contribution >= 4 is 5.78 Å². The Morgan fingerprint density at radius 1 is 1.29 bits per heavy atom. The zero-order valence-corrected chi connectivity index (χ0v) is 10.6. The van der Waals surface area contributed by atoms with Crippen molar-refractivity contribution in [2.75, 3.05) is 34.4 Å². The average molecular weight is 237 g/mol. The first-order chi connectivity index (χ1) is 8.17. The Kier molecular flexibility index (Phi) is 5.66. The Labute approximate surface area is 102 Å². The minimum Gasteiger partial charge on any atom is -0.496 e. The molecule has 1 aromatic carbocycles. The summed E-state index contributed by atoms with van der Waals surface area (Å²) in [6.45, 7) is 1.22. The molecule has 94 valence electrons. The SMILES string of the molecule is COCC(=O)CN(C)Cc1ccccc1OC. The van der Waals surface area contributed by atoms with E-state index in [-0.39, 0.29) is 12.4 Å². The molecule has 0 aliphatic carbocycles. The van der Waals surface area contributed by atoms with Crippen molar-refractivity contribution < 1.29 is 14.3 Å². The maximum atomic E-state index is 11.4. The molecular weight excluding hydrogens is 218 g/mol. The van der Waals surface area contributed by atoms with E-state index in [1.165, 1.54) is 7.11 Å². The number of para-hydroxylation sites is 1. The summed E-state index contributed by atoms with van der Waals surface area (Å²) in [5.74, 6) is 0.920. The lowest BCUT2D eigenvalue weighted by Gasteiger charge is -2.17. The number of Topliss-reactive ketones (excluding diaryl/α,β-unsaturated/α-hetero) is 1. The van der Waals surface area contributed by atoms with Gasteiger partial charge in [-0.1, -0.05) is 18.2 Å². The highest BCUT2D eigenvalue weighted by molar-refractivity contribution is 5.81. The summed E-state index contributed by atoms with van der Waals surface area (Å²) in [5.41, 5.74) is 1.07. The van der Waals surface area contributed by atoms with Gasteiger partial charge in [-0.05, 0) is 13.1 Å². The smallest absolute Gasteiger partial charge is 0.172 e. The standard InChI is InChI=1S/C13H19NO3/c1-14(9-12(15)10-16-2)8-11-6-4-5-7-13(11)17-3/h4-7H,8-10H2,1-3H3. The Morgan fingerprint density at radius 2 is 2.00 bits per heavy atom. The number of likely N-dealkylation sites (N-methyl/N-ethyl adjacent to an activating group) is 1.